The topological polar surface area (TPSA) is 122 Å². The van der Waals surface area contributed by atoms with Gasteiger partial charge in [0.05, 0.1) is 25.5 Å². The van der Waals surface area contributed by atoms with Crippen molar-refractivity contribution >= 4 is 29.1 Å². The van der Waals surface area contributed by atoms with Gasteiger partial charge in [0.2, 0.25) is 5.91 Å². The van der Waals surface area contributed by atoms with Gasteiger partial charge in [0.15, 0.2) is 0 Å². The van der Waals surface area contributed by atoms with E-state index in [1.54, 1.807) is 66.9 Å². The molecule has 0 radical (unpaired) electrons. The molecule has 9 heteroatoms. The molecule has 0 bridgehead atoms. The van der Waals surface area contributed by atoms with Crippen LogP contribution in [0.1, 0.15) is 39.3 Å². The van der Waals surface area contributed by atoms with E-state index < -0.39 is 0 Å². The number of rotatable bonds is 10. The van der Waals surface area contributed by atoms with Crippen LogP contribution in [0.15, 0.2) is 71.3 Å². The monoisotopic (exact) mass is 476 g/mol. The summed E-state index contributed by atoms with van der Waals surface area (Å²) in [5, 5.41) is 11.5. The number of hydrogen-bond donors (Lipinski definition) is 4. The van der Waals surface area contributed by atoms with Crippen molar-refractivity contribution in [3.8, 4) is 0 Å². The van der Waals surface area contributed by atoms with Crippen molar-refractivity contribution in [3.05, 3.63) is 83.8 Å². The van der Waals surface area contributed by atoms with Crippen molar-refractivity contribution in [2.75, 3.05) is 30.3 Å². The Morgan fingerprint density at radius 1 is 0.857 bits per heavy atom. The Hall–Kier alpha value is -4.11. The van der Waals surface area contributed by atoms with Crippen molar-refractivity contribution in [2.24, 2.45) is 0 Å². The quantitative estimate of drug-likeness (QED) is 0.357. The zero-order valence-corrected chi connectivity index (χ0v) is 19.2. The van der Waals surface area contributed by atoms with Crippen LogP contribution in [0.5, 0.6) is 0 Å². The first kappa shape index (κ1) is 24.0. The summed E-state index contributed by atoms with van der Waals surface area (Å²) >= 11 is 0. The molecule has 1 aliphatic heterocycles. The Labute approximate surface area is 203 Å². The molecule has 1 atom stereocenters. The third-order valence-electron chi connectivity index (χ3n) is 5.55. The van der Waals surface area contributed by atoms with E-state index >= 15 is 0 Å². The second-order valence-corrected chi connectivity index (χ2v) is 8.16. The van der Waals surface area contributed by atoms with Crippen molar-refractivity contribution in [3.63, 3.8) is 0 Å². The van der Waals surface area contributed by atoms with E-state index in [1.807, 2.05) is 0 Å². The number of furan rings is 1. The first-order valence-corrected chi connectivity index (χ1v) is 11.5. The fourth-order valence-electron chi connectivity index (χ4n) is 3.63. The van der Waals surface area contributed by atoms with Gasteiger partial charge in [-0.15, -0.1) is 0 Å². The lowest BCUT2D eigenvalue weighted by molar-refractivity contribution is -0.114. The highest BCUT2D eigenvalue weighted by molar-refractivity contribution is 5.97. The van der Waals surface area contributed by atoms with E-state index in [0.29, 0.717) is 35.7 Å². The number of nitrogens with one attached hydrogen (secondary N) is 4. The van der Waals surface area contributed by atoms with Crippen molar-refractivity contribution < 1.29 is 23.5 Å². The summed E-state index contributed by atoms with van der Waals surface area (Å²) in [6.45, 7) is 1.62. The summed E-state index contributed by atoms with van der Waals surface area (Å²) in [6, 6.07) is 17.1. The highest BCUT2D eigenvalue weighted by Crippen LogP contribution is 2.13. The molecule has 4 rings (SSSR count). The van der Waals surface area contributed by atoms with Crippen molar-refractivity contribution in [1.29, 1.82) is 0 Å². The molecule has 1 unspecified atom stereocenters. The van der Waals surface area contributed by atoms with Crippen LogP contribution >= 0.6 is 0 Å². The lowest BCUT2D eigenvalue weighted by Gasteiger charge is -2.11. The zero-order valence-electron chi connectivity index (χ0n) is 19.2. The maximum absolute atomic E-state index is 12.3. The molecule has 2 aromatic carbocycles. The molecule has 0 aliphatic carbocycles. The van der Waals surface area contributed by atoms with Gasteiger partial charge in [0.25, 0.3) is 11.8 Å². The van der Waals surface area contributed by atoms with Crippen LogP contribution in [0.3, 0.4) is 0 Å². The molecule has 0 saturated carbocycles. The highest BCUT2D eigenvalue weighted by Gasteiger charge is 2.16. The maximum atomic E-state index is 12.3. The van der Waals surface area contributed by atoms with Gasteiger partial charge >= 0.3 is 0 Å². The smallest absolute Gasteiger partial charge is 0.251 e. The first-order valence-electron chi connectivity index (χ1n) is 11.5. The molecule has 0 spiro atoms. The largest absolute Gasteiger partial charge is 0.467 e. The van der Waals surface area contributed by atoms with Gasteiger partial charge in [-0.3, -0.25) is 14.4 Å². The summed E-state index contributed by atoms with van der Waals surface area (Å²) in [6.07, 6.45) is 3.65. The number of anilines is 2. The van der Waals surface area contributed by atoms with Crippen LogP contribution in [0, 0.1) is 0 Å². The average Bonchev–Trinajstić information content (AvgIpc) is 3.60. The maximum Gasteiger partial charge on any atom is 0.251 e. The van der Waals surface area contributed by atoms with E-state index in [4.69, 9.17) is 9.15 Å². The minimum Gasteiger partial charge on any atom is -0.467 e. The minimum atomic E-state index is -0.238. The number of ether oxygens (including phenoxy) is 1. The van der Waals surface area contributed by atoms with Gasteiger partial charge < -0.3 is 30.4 Å². The number of hydrogen-bond acceptors (Lipinski definition) is 6. The lowest BCUT2D eigenvalue weighted by Crippen LogP contribution is -2.31. The fourth-order valence-corrected chi connectivity index (χ4v) is 3.63. The molecule has 3 amide bonds. The Bertz CT molecular complexity index is 1120. The van der Waals surface area contributed by atoms with Gasteiger partial charge in [0, 0.05) is 35.7 Å². The third-order valence-corrected chi connectivity index (χ3v) is 5.55. The first-order chi connectivity index (χ1) is 17.1. The Kier molecular flexibility index (Phi) is 8.13. The molecule has 3 aromatic rings. The third kappa shape index (κ3) is 7.18. The predicted octanol–water partition coefficient (Wildman–Crippen LogP) is 3.17. The molecule has 1 saturated heterocycles. The molecular formula is C26H28N4O5. The van der Waals surface area contributed by atoms with E-state index in [2.05, 4.69) is 21.3 Å². The zero-order chi connectivity index (χ0) is 24.5. The number of amides is 3. The fraction of sp³-hybridized carbons (Fsp3) is 0.269. The molecule has 9 nitrogen and oxygen atoms in total. The molecule has 182 valence electrons. The second kappa shape index (κ2) is 11.8. The number of carbonyl (C=O) groups is 3. The summed E-state index contributed by atoms with van der Waals surface area (Å²) < 4.78 is 10.7. The summed E-state index contributed by atoms with van der Waals surface area (Å²) in [7, 11) is 0. The molecule has 35 heavy (non-hydrogen) atoms. The lowest BCUT2D eigenvalue weighted by atomic mass is 10.2. The predicted molar refractivity (Wildman–Crippen MR) is 131 cm³/mol. The van der Waals surface area contributed by atoms with Crippen molar-refractivity contribution in [2.45, 2.75) is 25.5 Å². The Morgan fingerprint density at radius 3 is 2.17 bits per heavy atom. The number of carbonyl (C=O) groups excluding carboxylic acids is 3. The van der Waals surface area contributed by atoms with Gasteiger partial charge in [-0.1, -0.05) is 0 Å². The SMILES string of the molecule is O=C(CNc1ccc(C(=O)NCC2CCCO2)cc1)Nc1ccc(C(=O)NCc2ccco2)cc1. The molecular weight excluding hydrogens is 448 g/mol. The molecule has 2 heterocycles. The van der Waals surface area contributed by atoms with Crippen LogP contribution in [0.2, 0.25) is 0 Å². The van der Waals surface area contributed by atoms with Crippen LogP contribution in [0.25, 0.3) is 0 Å². The average molecular weight is 477 g/mol. The molecule has 4 N–H and O–H groups in total. The van der Waals surface area contributed by atoms with Gasteiger partial charge in [-0.2, -0.15) is 0 Å². The van der Waals surface area contributed by atoms with E-state index in [9.17, 15) is 14.4 Å². The highest BCUT2D eigenvalue weighted by atomic mass is 16.5. The summed E-state index contributed by atoms with van der Waals surface area (Å²) in [5.74, 6) is 0.0493. The van der Waals surface area contributed by atoms with Crippen LogP contribution in [0.4, 0.5) is 11.4 Å². The number of benzene rings is 2. The molecule has 1 aliphatic rings. The van der Waals surface area contributed by atoms with Crippen LogP contribution in [-0.4, -0.2) is 43.5 Å². The van der Waals surface area contributed by atoms with Gasteiger partial charge in [-0.25, -0.2) is 0 Å². The van der Waals surface area contributed by atoms with E-state index in [0.717, 1.165) is 25.1 Å². The van der Waals surface area contributed by atoms with Crippen LogP contribution < -0.4 is 21.3 Å². The molecule has 1 fully saturated rings. The van der Waals surface area contributed by atoms with Gasteiger partial charge in [-0.05, 0) is 73.5 Å². The van der Waals surface area contributed by atoms with Gasteiger partial charge in [0.1, 0.15) is 5.76 Å². The van der Waals surface area contributed by atoms with E-state index in [-0.39, 0.29) is 30.4 Å². The summed E-state index contributed by atoms with van der Waals surface area (Å²) in [4.78, 5) is 36.8. The Morgan fingerprint density at radius 2 is 1.54 bits per heavy atom. The minimum absolute atomic E-state index is 0.0515. The molecule has 1 aromatic heterocycles. The summed E-state index contributed by atoms with van der Waals surface area (Å²) in [5.41, 5.74) is 2.33. The normalized spacial score (nSPS) is 14.8. The van der Waals surface area contributed by atoms with Crippen LogP contribution in [-0.2, 0) is 16.1 Å². The standard InChI is InChI=1S/C26H28N4O5/c31-24(30-21-11-7-19(8-12-21)26(33)29-16-23-4-2-14-35-23)17-27-20-9-5-18(6-10-20)25(32)28-15-22-3-1-13-34-22/h2,4-12,14,22,27H,1,3,13,15-17H2,(H,28,32)(H,29,33)(H,30,31). The van der Waals surface area contributed by atoms with E-state index in [1.165, 1.54) is 0 Å². The van der Waals surface area contributed by atoms with Crippen molar-refractivity contribution in [1.82, 2.24) is 10.6 Å². The Balaban J connectivity index is 1.18. The second-order valence-electron chi connectivity index (χ2n) is 8.16.